The number of halogens is 2. The Morgan fingerprint density at radius 2 is 1.48 bits per heavy atom. The summed E-state index contributed by atoms with van der Waals surface area (Å²) in [6, 6.07) is 10.3. The highest BCUT2D eigenvalue weighted by molar-refractivity contribution is 5.38. The summed E-state index contributed by atoms with van der Waals surface area (Å²) < 4.78 is 26.5. The van der Waals surface area contributed by atoms with E-state index in [1.54, 1.807) is 6.07 Å². The monoisotopic (exact) mass is 289 g/mol. The van der Waals surface area contributed by atoms with Gasteiger partial charge in [-0.05, 0) is 54.3 Å². The van der Waals surface area contributed by atoms with Crippen molar-refractivity contribution in [2.75, 3.05) is 7.05 Å². The molecule has 1 nitrogen and oxygen atoms in total. The molecule has 0 saturated heterocycles. The van der Waals surface area contributed by atoms with Crippen molar-refractivity contribution in [2.45, 2.75) is 32.7 Å². The fraction of sp³-hybridized carbons (Fsp3) is 0.333. The van der Waals surface area contributed by atoms with Crippen LogP contribution in [0, 0.1) is 11.6 Å². The van der Waals surface area contributed by atoms with Crippen molar-refractivity contribution >= 4 is 0 Å². The highest BCUT2D eigenvalue weighted by atomic mass is 19.2. The third-order valence-electron chi connectivity index (χ3n) is 3.89. The van der Waals surface area contributed by atoms with Gasteiger partial charge in [-0.1, -0.05) is 38.1 Å². The van der Waals surface area contributed by atoms with E-state index in [4.69, 9.17) is 0 Å². The molecule has 0 aliphatic heterocycles. The number of benzene rings is 2. The molecule has 0 radical (unpaired) electrons. The number of hydrogen-bond acceptors (Lipinski definition) is 1. The zero-order valence-corrected chi connectivity index (χ0v) is 12.7. The van der Waals surface area contributed by atoms with Crippen LogP contribution in [0.2, 0.25) is 0 Å². The maximum absolute atomic E-state index is 13.5. The summed E-state index contributed by atoms with van der Waals surface area (Å²) in [6.45, 7) is 4.27. The van der Waals surface area contributed by atoms with Crippen LogP contribution in [0.4, 0.5) is 8.78 Å². The highest BCUT2D eigenvalue weighted by Crippen LogP contribution is 2.25. The summed E-state index contributed by atoms with van der Waals surface area (Å²) in [6.07, 6.45) is 1.96. The first-order chi connectivity index (χ1) is 10.1. The van der Waals surface area contributed by atoms with Crippen LogP contribution in [0.3, 0.4) is 0 Å². The Balaban J connectivity index is 2.43. The van der Waals surface area contributed by atoms with Crippen LogP contribution in [0.1, 0.15) is 42.1 Å². The topological polar surface area (TPSA) is 12.0 Å². The van der Waals surface area contributed by atoms with E-state index >= 15 is 0 Å². The molecule has 2 aromatic rings. The Bertz CT molecular complexity index is 623. The minimum Gasteiger partial charge on any atom is -0.309 e. The zero-order valence-electron chi connectivity index (χ0n) is 12.7. The summed E-state index contributed by atoms with van der Waals surface area (Å²) in [4.78, 5) is 0. The quantitative estimate of drug-likeness (QED) is 0.860. The molecular weight excluding hydrogens is 268 g/mol. The molecule has 0 amide bonds. The molecule has 1 N–H and O–H groups in total. The van der Waals surface area contributed by atoms with Crippen molar-refractivity contribution in [1.82, 2.24) is 5.32 Å². The Morgan fingerprint density at radius 1 is 0.857 bits per heavy atom. The van der Waals surface area contributed by atoms with Gasteiger partial charge in [0.25, 0.3) is 0 Å². The van der Waals surface area contributed by atoms with Crippen LogP contribution < -0.4 is 5.32 Å². The lowest BCUT2D eigenvalue weighted by molar-refractivity contribution is 0.505. The molecule has 3 heteroatoms. The minimum absolute atomic E-state index is 0.142. The van der Waals surface area contributed by atoms with Crippen LogP contribution >= 0.6 is 0 Å². The predicted octanol–water partition coefficient (Wildman–Crippen LogP) is 4.40. The average molecular weight is 289 g/mol. The lowest BCUT2D eigenvalue weighted by Crippen LogP contribution is -2.18. The predicted molar refractivity (Wildman–Crippen MR) is 82.5 cm³/mol. The first-order valence-electron chi connectivity index (χ1n) is 7.34. The molecule has 2 aromatic carbocycles. The van der Waals surface area contributed by atoms with Crippen molar-refractivity contribution in [3.8, 4) is 0 Å². The molecule has 2 rings (SSSR count). The molecule has 0 saturated carbocycles. The average Bonchev–Trinajstić information content (AvgIpc) is 2.51. The van der Waals surface area contributed by atoms with Gasteiger partial charge in [0.1, 0.15) is 0 Å². The number of rotatable bonds is 5. The van der Waals surface area contributed by atoms with E-state index < -0.39 is 11.6 Å². The van der Waals surface area contributed by atoms with E-state index in [9.17, 15) is 8.78 Å². The van der Waals surface area contributed by atoms with Crippen LogP contribution in [0.25, 0.3) is 0 Å². The van der Waals surface area contributed by atoms with Gasteiger partial charge in [-0.25, -0.2) is 8.78 Å². The Hall–Kier alpha value is -1.74. The van der Waals surface area contributed by atoms with Gasteiger partial charge >= 0.3 is 0 Å². The van der Waals surface area contributed by atoms with Crippen molar-refractivity contribution < 1.29 is 8.78 Å². The number of hydrogen-bond donors (Lipinski definition) is 1. The lowest BCUT2D eigenvalue weighted by atomic mass is 9.93. The van der Waals surface area contributed by atoms with E-state index in [2.05, 4.69) is 37.4 Å². The molecule has 21 heavy (non-hydrogen) atoms. The number of aryl methyl sites for hydroxylation is 2. The molecule has 0 aliphatic carbocycles. The van der Waals surface area contributed by atoms with Crippen LogP contribution in [0.5, 0.6) is 0 Å². The van der Waals surface area contributed by atoms with Crippen LogP contribution in [-0.2, 0) is 12.8 Å². The van der Waals surface area contributed by atoms with Crippen molar-refractivity contribution in [1.29, 1.82) is 0 Å². The minimum atomic E-state index is -0.816. The summed E-state index contributed by atoms with van der Waals surface area (Å²) in [7, 11) is 1.82. The molecule has 0 heterocycles. The van der Waals surface area contributed by atoms with Gasteiger partial charge < -0.3 is 5.32 Å². The third kappa shape index (κ3) is 3.30. The fourth-order valence-corrected chi connectivity index (χ4v) is 2.72. The molecule has 1 unspecified atom stereocenters. The molecule has 0 aromatic heterocycles. The fourth-order valence-electron chi connectivity index (χ4n) is 2.72. The van der Waals surface area contributed by atoms with E-state index in [0.717, 1.165) is 24.0 Å². The highest BCUT2D eigenvalue weighted by Gasteiger charge is 2.15. The first kappa shape index (κ1) is 15.6. The molecular formula is C18H21F2N. The molecule has 0 fully saturated rings. The van der Waals surface area contributed by atoms with Gasteiger partial charge in [-0.2, -0.15) is 0 Å². The normalized spacial score (nSPS) is 12.4. The van der Waals surface area contributed by atoms with Gasteiger partial charge in [0.2, 0.25) is 0 Å². The molecule has 0 aliphatic rings. The van der Waals surface area contributed by atoms with E-state index in [0.29, 0.717) is 0 Å². The molecule has 0 spiro atoms. The van der Waals surface area contributed by atoms with Crippen molar-refractivity contribution in [2.24, 2.45) is 0 Å². The van der Waals surface area contributed by atoms with E-state index in [1.165, 1.54) is 23.3 Å². The van der Waals surface area contributed by atoms with Gasteiger partial charge in [-0.3, -0.25) is 0 Å². The Kier molecular flexibility index (Phi) is 5.07. The van der Waals surface area contributed by atoms with Gasteiger partial charge in [-0.15, -0.1) is 0 Å². The first-order valence-corrected chi connectivity index (χ1v) is 7.34. The third-order valence-corrected chi connectivity index (χ3v) is 3.89. The summed E-state index contributed by atoms with van der Waals surface area (Å²) in [5, 5.41) is 3.18. The second kappa shape index (κ2) is 6.81. The second-order valence-electron chi connectivity index (χ2n) is 5.13. The molecule has 0 bridgehead atoms. The van der Waals surface area contributed by atoms with Gasteiger partial charge in [0.05, 0.1) is 6.04 Å². The van der Waals surface area contributed by atoms with Crippen LogP contribution in [-0.4, -0.2) is 7.05 Å². The summed E-state index contributed by atoms with van der Waals surface area (Å²) in [5.41, 5.74) is 4.43. The molecule has 112 valence electrons. The summed E-state index contributed by atoms with van der Waals surface area (Å²) in [5.74, 6) is -1.63. The maximum atomic E-state index is 13.5. The van der Waals surface area contributed by atoms with Crippen molar-refractivity contribution in [3.63, 3.8) is 0 Å². The SMILES string of the molecule is CCc1ccc(C(NC)c2ccc(F)c(F)c2)cc1CC. The summed E-state index contributed by atoms with van der Waals surface area (Å²) >= 11 is 0. The van der Waals surface area contributed by atoms with Crippen molar-refractivity contribution in [3.05, 3.63) is 70.3 Å². The second-order valence-corrected chi connectivity index (χ2v) is 5.13. The number of nitrogens with one attached hydrogen (secondary N) is 1. The smallest absolute Gasteiger partial charge is 0.159 e. The zero-order chi connectivity index (χ0) is 15.4. The van der Waals surface area contributed by atoms with Crippen LogP contribution in [0.15, 0.2) is 36.4 Å². The van der Waals surface area contributed by atoms with Gasteiger partial charge in [0, 0.05) is 0 Å². The Morgan fingerprint density at radius 3 is 2.05 bits per heavy atom. The largest absolute Gasteiger partial charge is 0.309 e. The Labute approximate surface area is 125 Å². The lowest BCUT2D eigenvalue weighted by Gasteiger charge is -2.19. The van der Waals surface area contributed by atoms with Gasteiger partial charge in [0.15, 0.2) is 11.6 Å². The maximum Gasteiger partial charge on any atom is 0.159 e. The van der Waals surface area contributed by atoms with E-state index in [-0.39, 0.29) is 6.04 Å². The molecule has 1 atom stereocenters. The van der Waals surface area contributed by atoms with E-state index in [1.807, 2.05) is 7.05 Å². The standard InChI is InChI=1S/C18H21F2N/c1-4-12-6-7-14(10-13(12)5-2)18(21-3)15-8-9-16(19)17(20)11-15/h6-11,18,21H,4-5H2,1-3H3.